The van der Waals surface area contributed by atoms with Gasteiger partial charge in [-0.15, -0.1) is 0 Å². The van der Waals surface area contributed by atoms with Crippen LogP contribution in [0.4, 0.5) is 5.69 Å². The molecule has 3 N–H and O–H groups in total. The molecular weight excluding hydrogens is 302 g/mol. The summed E-state index contributed by atoms with van der Waals surface area (Å²) in [4.78, 5) is 17.8. The lowest BCUT2D eigenvalue weighted by molar-refractivity contribution is 0.363. The van der Waals surface area contributed by atoms with E-state index >= 15 is 0 Å². The van der Waals surface area contributed by atoms with Crippen molar-refractivity contribution in [1.29, 1.82) is 0 Å². The normalized spacial score (nSPS) is 10.1. The number of hydrogen-bond acceptors (Lipinski definition) is 5. The summed E-state index contributed by atoms with van der Waals surface area (Å²) in [6, 6.07) is 5.06. The van der Waals surface area contributed by atoms with Crippen molar-refractivity contribution < 1.29 is 9.47 Å². The Morgan fingerprint density at radius 1 is 1.39 bits per heavy atom. The summed E-state index contributed by atoms with van der Waals surface area (Å²) in [6.07, 6.45) is 1.24. The smallest absolute Gasteiger partial charge is 0.297 e. The molecule has 18 heavy (non-hydrogen) atoms. The van der Waals surface area contributed by atoms with Crippen molar-refractivity contribution in [3.8, 4) is 17.4 Å². The first kappa shape index (κ1) is 12.4. The molecule has 0 bridgehead atoms. The Morgan fingerprint density at radius 2 is 2.17 bits per heavy atom. The van der Waals surface area contributed by atoms with Crippen LogP contribution in [-0.2, 0) is 0 Å². The molecule has 0 amide bonds. The standard InChI is InChI=1S/C11H10BrN3O3/c1-17-9-10(16)14-5-15-11(9)18-8-3-6(12)2-7(13)4-8/h2-5H,13H2,1H3,(H,14,15,16). The molecule has 0 saturated carbocycles. The number of hydrogen-bond donors (Lipinski definition) is 2. The van der Waals surface area contributed by atoms with Crippen LogP contribution in [0.15, 0.2) is 33.8 Å². The first-order valence-electron chi connectivity index (χ1n) is 4.95. The minimum absolute atomic E-state index is 0.0102. The van der Waals surface area contributed by atoms with Gasteiger partial charge in [-0.1, -0.05) is 15.9 Å². The lowest BCUT2D eigenvalue weighted by Crippen LogP contribution is -2.10. The Hall–Kier alpha value is -2.02. The van der Waals surface area contributed by atoms with Gasteiger partial charge in [0.2, 0.25) is 5.75 Å². The predicted molar refractivity (Wildman–Crippen MR) is 70.0 cm³/mol. The van der Waals surface area contributed by atoms with E-state index in [9.17, 15) is 4.79 Å². The van der Waals surface area contributed by atoms with Gasteiger partial charge in [0, 0.05) is 16.2 Å². The average molecular weight is 312 g/mol. The van der Waals surface area contributed by atoms with Crippen LogP contribution in [0, 0.1) is 0 Å². The molecule has 0 atom stereocenters. The SMILES string of the molecule is COc1c(Oc2cc(N)cc(Br)c2)nc[nH]c1=O. The highest BCUT2D eigenvalue weighted by atomic mass is 79.9. The zero-order chi connectivity index (χ0) is 13.1. The molecule has 1 aromatic carbocycles. The van der Waals surface area contributed by atoms with E-state index < -0.39 is 5.56 Å². The van der Waals surface area contributed by atoms with Crippen molar-refractivity contribution in [3.05, 3.63) is 39.4 Å². The summed E-state index contributed by atoms with van der Waals surface area (Å²) in [6.45, 7) is 0. The average Bonchev–Trinajstić information content (AvgIpc) is 2.27. The second kappa shape index (κ2) is 5.09. The molecule has 0 spiro atoms. The molecule has 1 aromatic heterocycles. The number of methoxy groups -OCH3 is 1. The second-order valence-corrected chi connectivity index (χ2v) is 4.31. The van der Waals surface area contributed by atoms with Gasteiger partial charge in [-0.05, 0) is 12.1 Å². The molecule has 7 heteroatoms. The Kier molecular flexibility index (Phi) is 3.52. The molecule has 2 rings (SSSR count). The maximum Gasteiger partial charge on any atom is 0.297 e. The number of aromatic nitrogens is 2. The summed E-state index contributed by atoms with van der Waals surface area (Å²) in [7, 11) is 1.37. The maximum atomic E-state index is 11.5. The number of aromatic amines is 1. The van der Waals surface area contributed by atoms with Gasteiger partial charge in [0.15, 0.2) is 0 Å². The maximum absolute atomic E-state index is 11.5. The highest BCUT2D eigenvalue weighted by molar-refractivity contribution is 9.10. The minimum Gasteiger partial charge on any atom is -0.487 e. The molecule has 0 aliphatic carbocycles. The lowest BCUT2D eigenvalue weighted by atomic mass is 10.3. The van der Waals surface area contributed by atoms with E-state index in [0.717, 1.165) is 4.47 Å². The molecule has 1 heterocycles. The third-order valence-corrected chi connectivity index (χ3v) is 2.55. The number of nitrogen functional groups attached to an aromatic ring is 1. The Balaban J connectivity index is 2.40. The predicted octanol–water partition coefficient (Wildman–Crippen LogP) is 1.92. The van der Waals surface area contributed by atoms with E-state index in [4.69, 9.17) is 15.2 Å². The van der Waals surface area contributed by atoms with Crippen molar-refractivity contribution in [1.82, 2.24) is 9.97 Å². The Bertz CT molecular complexity index is 607. The van der Waals surface area contributed by atoms with Gasteiger partial charge in [-0.25, -0.2) is 4.98 Å². The molecular formula is C11H10BrN3O3. The topological polar surface area (TPSA) is 90.2 Å². The van der Waals surface area contributed by atoms with Crippen LogP contribution in [0.25, 0.3) is 0 Å². The number of anilines is 1. The molecule has 0 aliphatic rings. The molecule has 0 unspecified atom stereocenters. The number of ether oxygens (including phenoxy) is 2. The van der Waals surface area contributed by atoms with Crippen molar-refractivity contribution in [3.63, 3.8) is 0 Å². The second-order valence-electron chi connectivity index (χ2n) is 3.39. The molecule has 0 saturated heterocycles. The van der Waals surface area contributed by atoms with Gasteiger partial charge in [0.25, 0.3) is 11.4 Å². The number of rotatable bonds is 3. The summed E-state index contributed by atoms with van der Waals surface area (Å²) >= 11 is 3.30. The molecule has 6 nitrogen and oxygen atoms in total. The van der Waals surface area contributed by atoms with Crippen molar-refractivity contribution in [2.45, 2.75) is 0 Å². The van der Waals surface area contributed by atoms with Crippen molar-refractivity contribution in [2.24, 2.45) is 0 Å². The number of benzene rings is 1. The van der Waals surface area contributed by atoms with Gasteiger partial charge in [-0.2, -0.15) is 0 Å². The summed E-state index contributed by atoms with van der Waals surface area (Å²) in [5, 5.41) is 0. The monoisotopic (exact) mass is 311 g/mol. The van der Waals surface area contributed by atoms with Crippen LogP contribution in [0.5, 0.6) is 17.4 Å². The van der Waals surface area contributed by atoms with Crippen LogP contribution < -0.4 is 20.8 Å². The molecule has 94 valence electrons. The van der Waals surface area contributed by atoms with Crippen LogP contribution in [0.1, 0.15) is 0 Å². The largest absolute Gasteiger partial charge is 0.487 e. The fourth-order valence-corrected chi connectivity index (χ4v) is 1.87. The first-order valence-corrected chi connectivity index (χ1v) is 5.75. The van der Waals surface area contributed by atoms with Crippen LogP contribution in [-0.4, -0.2) is 17.1 Å². The molecule has 0 fully saturated rings. The number of nitrogens with one attached hydrogen (secondary N) is 1. The minimum atomic E-state index is -0.412. The molecule has 0 radical (unpaired) electrons. The van der Waals surface area contributed by atoms with Crippen LogP contribution >= 0.6 is 15.9 Å². The third kappa shape index (κ3) is 2.62. The van der Waals surface area contributed by atoms with Crippen molar-refractivity contribution in [2.75, 3.05) is 12.8 Å². The van der Waals surface area contributed by atoms with E-state index in [1.165, 1.54) is 13.4 Å². The summed E-state index contributed by atoms with van der Waals surface area (Å²) in [5.41, 5.74) is 5.80. The first-order chi connectivity index (χ1) is 8.60. The fraction of sp³-hybridized carbons (Fsp3) is 0.0909. The third-order valence-electron chi connectivity index (χ3n) is 2.09. The lowest BCUT2D eigenvalue weighted by Gasteiger charge is -2.08. The number of nitrogens with two attached hydrogens (primary N) is 1. The van der Waals surface area contributed by atoms with Gasteiger partial charge < -0.3 is 20.2 Å². The highest BCUT2D eigenvalue weighted by Gasteiger charge is 2.11. The quantitative estimate of drug-likeness (QED) is 0.845. The fourth-order valence-electron chi connectivity index (χ4n) is 1.38. The Morgan fingerprint density at radius 3 is 2.83 bits per heavy atom. The summed E-state index contributed by atoms with van der Waals surface area (Å²) in [5.74, 6) is 0.549. The number of H-pyrrole nitrogens is 1. The zero-order valence-electron chi connectivity index (χ0n) is 9.44. The summed E-state index contributed by atoms with van der Waals surface area (Å²) < 4.78 is 11.2. The van der Waals surface area contributed by atoms with E-state index in [2.05, 4.69) is 25.9 Å². The van der Waals surface area contributed by atoms with Gasteiger partial charge in [-0.3, -0.25) is 4.79 Å². The van der Waals surface area contributed by atoms with Crippen molar-refractivity contribution >= 4 is 21.6 Å². The van der Waals surface area contributed by atoms with Gasteiger partial charge in [0.05, 0.1) is 13.4 Å². The molecule has 0 aliphatic heterocycles. The molecule has 2 aromatic rings. The van der Waals surface area contributed by atoms with Gasteiger partial charge in [0.1, 0.15) is 5.75 Å². The van der Waals surface area contributed by atoms with E-state index in [0.29, 0.717) is 11.4 Å². The van der Waals surface area contributed by atoms with Crippen LogP contribution in [0.2, 0.25) is 0 Å². The highest BCUT2D eigenvalue weighted by Crippen LogP contribution is 2.29. The van der Waals surface area contributed by atoms with E-state index in [1.54, 1.807) is 18.2 Å². The van der Waals surface area contributed by atoms with Gasteiger partial charge >= 0.3 is 0 Å². The number of nitrogens with zero attached hydrogens (tertiary/aromatic N) is 1. The Labute approximate surface area is 111 Å². The zero-order valence-corrected chi connectivity index (χ0v) is 11.0. The number of halogens is 1. The van der Waals surface area contributed by atoms with E-state index in [1.807, 2.05) is 0 Å². The van der Waals surface area contributed by atoms with E-state index in [-0.39, 0.29) is 11.6 Å². The van der Waals surface area contributed by atoms with Crippen LogP contribution in [0.3, 0.4) is 0 Å².